The zero-order valence-corrected chi connectivity index (χ0v) is 11.2. The van der Waals surface area contributed by atoms with E-state index in [4.69, 9.17) is 11.6 Å². The number of hydrogen-bond acceptors (Lipinski definition) is 1. The highest BCUT2D eigenvalue weighted by molar-refractivity contribution is 6.33. The molecule has 1 unspecified atom stereocenters. The maximum Gasteiger partial charge on any atom is 0.255 e. The van der Waals surface area contributed by atoms with Gasteiger partial charge in [-0.25, -0.2) is 4.39 Å². The second-order valence-electron chi connectivity index (χ2n) is 4.68. The first-order valence-electron chi connectivity index (χ1n) is 6.39. The minimum absolute atomic E-state index is 0.0773. The lowest BCUT2D eigenvalue weighted by molar-refractivity contribution is 0.0608. The van der Waals surface area contributed by atoms with Crippen molar-refractivity contribution < 1.29 is 9.18 Å². The third kappa shape index (κ3) is 2.66. The molecule has 1 aliphatic heterocycles. The molecule has 18 heavy (non-hydrogen) atoms. The zero-order valence-electron chi connectivity index (χ0n) is 10.5. The third-order valence-electron chi connectivity index (χ3n) is 3.52. The van der Waals surface area contributed by atoms with E-state index in [0.29, 0.717) is 5.56 Å². The Labute approximate surface area is 112 Å². The molecule has 0 spiro atoms. The molecule has 0 radical (unpaired) electrons. The summed E-state index contributed by atoms with van der Waals surface area (Å²) in [6, 6.07) is 4.23. The molecule has 1 heterocycles. The fourth-order valence-electron chi connectivity index (χ4n) is 2.51. The van der Waals surface area contributed by atoms with E-state index in [-0.39, 0.29) is 17.0 Å². The highest BCUT2D eigenvalue weighted by atomic mass is 35.5. The van der Waals surface area contributed by atoms with Gasteiger partial charge < -0.3 is 4.90 Å². The number of amides is 1. The number of rotatable bonds is 2. The van der Waals surface area contributed by atoms with Crippen molar-refractivity contribution in [1.29, 1.82) is 0 Å². The first kappa shape index (κ1) is 13.3. The second-order valence-corrected chi connectivity index (χ2v) is 5.09. The predicted molar refractivity (Wildman–Crippen MR) is 70.4 cm³/mol. The molecule has 98 valence electrons. The Balaban J connectivity index is 2.24. The van der Waals surface area contributed by atoms with Crippen LogP contribution >= 0.6 is 11.6 Å². The Hall–Kier alpha value is -1.09. The van der Waals surface area contributed by atoms with Crippen molar-refractivity contribution in [3.63, 3.8) is 0 Å². The van der Waals surface area contributed by atoms with Crippen LogP contribution in [0.3, 0.4) is 0 Å². The van der Waals surface area contributed by atoms with Crippen molar-refractivity contribution in [2.75, 3.05) is 6.54 Å². The maximum absolute atomic E-state index is 13.0. The number of likely N-dealkylation sites (tertiary alicyclic amines) is 1. The van der Waals surface area contributed by atoms with Crippen LogP contribution in [0.2, 0.25) is 5.02 Å². The van der Waals surface area contributed by atoms with Crippen LogP contribution in [0.1, 0.15) is 43.0 Å². The summed E-state index contributed by atoms with van der Waals surface area (Å²) in [4.78, 5) is 14.3. The van der Waals surface area contributed by atoms with Crippen molar-refractivity contribution in [3.05, 3.63) is 34.6 Å². The van der Waals surface area contributed by atoms with E-state index in [0.717, 1.165) is 25.8 Å². The molecule has 0 aromatic heterocycles. The maximum atomic E-state index is 13.0. The molecular weight excluding hydrogens is 253 g/mol. The Kier molecular flexibility index (Phi) is 4.23. The van der Waals surface area contributed by atoms with Gasteiger partial charge in [-0.3, -0.25) is 4.79 Å². The van der Waals surface area contributed by atoms with Crippen LogP contribution in [0, 0.1) is 5.82 Å². The number of carbonyl (C=O) groups excluding carboxylic acids is 1. The summed E-state index contributed by atoms with van der Waals surface area (Å²) in [5.41, 5.74) is 0.401. The van der Waals surface area contributed by atoms with E-state index in [1.807, 2.05) is 4.90 Å². The van der Waals surface area contributed by atoms with Gasteiger partial charge in [-0.2, -0.15) is 0 Å². The molecule has 0 N–H and O–H groups in total. The van der Waals surface area contributed by atoms with Crippen LogP contribution < -0.4 is 0 Å². The monoisotopic (exact) mass is 269 g/mol. The molecule has 1 fully saturated rings. The van der Waals surface area contributed by atoms with Crippen molar-refractivity contribution in [2.45, 2.75) is 38.6 Å². The van der Waals surface area contributed by atoms with Crippen LogP contribution in [0.25, 0.3) is 0 Å². The summed E-state index contributed by atoms with van der Waals surface area (Å²) < 4.78 is 13.0. The van der Waals surface area contributed by atoms with Gasteiger partial charge in [0.2, 0.25) is 0 Å². The van der Waals surface area contributed by atoms with E-state index in [2.05, 4.69) is 6.92 Å². The minimum Gasteiger partial charge on any atom is -0.336 e. The van der Waals surface area contributed by atoms with Gasteiger partial charge in [0.15, 0.2) is 0 Å². The van der Waals surface area contributed by atoms with Crippen molar-refractivity contribution in [1.82, 2.24) is 4.90 Å². The van der Waals surface area contributed by atoms with Gasteiger partial charge in [-0.05, 0) is 43.9 Å². The molecule has 1 aromatic carbocycles. The first-order valence-corrected chi connectivity index (χ1v) is 6.77. The molecule has 1 aromatic rings. The summed E-state index contributed by atoms with van der Waals surface area (Å²) >= 11 is 5.95. The lowest BCUT2D eigenvalue weighted by Gasteiger charge is -2.35. The summed E-state index contributed by atoms with van der Waals surface area (Å²) in [5, 5.41) is 0.195. The Morgan fingerprint density at radius 1 is 1.50 bits per heavy atom. The van der Waals surface area contributed by atoms with Crippen molar-refractivity contribution in [2.24, 2.45) is 0 Å². The Bertz CT molecular complexity index is 449. The molecule has 2 nitrogen and oxygen atoms in total. The molecule has 1 amide bonds. The van der Waals surface area contributed by atoms with E-state index >= 15 is 0 Å². The average Bonchev–Trinajstić information content (AvgIpc) is 2.38. The third-order valence-corrected chi connectivity index (χ3v) is 3.83. The molecule has 0 aliphatic carbocycles. The van der Waals surface area contributed by atoms with E-state index in [1.54, 1.807) is 0 Å². The van der Waals surface area contributed by atoms with Gasteiger partial charge in [-0.15, -0.1) is 0 Å². The molecule has 0 bridgehead atoms. The number of benzene rings is 1. The minimum atomic E-state index is -0.415. The van der Waals surface area contributed by atoms with Crippen LogP contribution in [-0.2, 0) is 0 Å². The summed E-state index contributed by atoms with van der Waals surface area (Å²) in [5.74, 6) is -0.492. The SMILES string of the molecule is CCC1CCCCN1C(=O)c1ccc(F)cc1Cl. The quantitative estimate of drug-likeness (QED) is 0.798. The summed E-state index contributed by atoms with van der Waals surface area (Å²) in [7, 11) is 0. The predicted octanol–water partition coefficient (Wildman–Crippen LogP) is 3.88. The highest BCUT2D eigenvalue weighted by Crippen LogP contribution is 2.25. The van der Waals surface area contributed by atoms with Crippen LogP contribution in [0.5, 0.6) is 0 Å². The van der Waals surface area contributed by atoms with Crippen LogP contribution in [-0.4, -0.2) is 23.4 Å². The van der Waals surface area contributed by atoms with Gasteiger partial charge in [0.1, 0.15) is 5.82 Å². The van der Waals surface area contributed by atoms with Crippen LogP contribution in [0.15, 0.2) is 18.2 Å². The number of nitrogens with zero attached hydrogens (tertiary/aromatic N) is 1. The molecule has 1 atom stereocenters. The number of halogens is 2. The zero-order chi connectivity index (χ0) is 13.1. The fraction of sp³-hybridized carbons (Fsp3) is 0.500. The molecule has 1 saturated heterocycles. The average molecular weight is 270 g/mol. The van der Waals surface area contributed by atoms with Gasteiger partial charge in [0.25, 0.3) is 5.91 Å². The molecule has 2 rings (SSSR count). The largest absolute Gasteiger partial charge is 0.336 e. The first-order chi connectivity index (χ1) is 8.63. The topological polar surface area (TPSA) is 20.3 Å². The Morgan fingerprint density at radius 2 is 2.28 bits per heavy atom. The molecule has 0 saturated carbocycles. The van der Waals surface area contributed by atoms with E-state index in [9.17, 15) is 9.18 Å². The van der Waals surface area contributed by atoms with E-state index < -0.39 is 5.82 Å². The molecular formula is C14H17ClFNO. The van der Waals surface area contributed by atoms with Crippen molar-refractivity contribution >= 4 is 17.5 Å². The normalized spacial score (nSPS) is 19.9. The van der Waals surface area contributed by atoms with Gasteiger partial charge in [0.05, 0.1) is 10.6 Å². The van der Waals surface area contributed by atoms with Crippen LogP contribution in [0.4, 0.5) is 4.39 Å². The lowest BCUT2D eigenvalue weighted by Crippen LogP contribution is -2.43. The second kappa shape index (κ2) is 5.70. The molecule has 1 aliphatic rings. The summed E-state index contributed by atoms with van der Waals surface area (Å²) in [6.45, 7) is 2.85. The van der Waals surface area contributed by atoms with Gasteiger partial charge >= 0.3 is 0 Å². The Morgan fingerprint density at radius 3 is 2.94 bits per heavy atom. The number of hydrogen-bond donors (Lipinski definition) is 0. The number of carbonyl (C=O) groups is 1. The van der Waals surface area contributed by atoms with Gasteiger partial charge in [-0.1, -0.05) is 18.5 Å². The smallest absolute Gasteiger partial charge is 0.255 e. The van der Waals surface area contributed by atoms with Gasteiger partial charge in [0, 0.05) is 12.6 Å². The number of piperidine rings is 1. The molecule has 4 heteroatoms. The standard InChI is InChI=1S/C14H17ClFNO/c1-2-11-5-3-4-8-17(11)14(18)12-7-6-10(16)9-13(12)15/h6-7,9,11H,2-5,8H2,1H3. The summed E-state index contributed by atoms with van der Waals surface area (Å²) in [6.07, 6.45) is 4.19. The lowest BCUT2D eigenvalue weighted by atomic mass is 9.99. The van der Waals surface area contributed by atoms with E-state index in [1.165, 1.54) is 24.6 Å². The highest BCUT2D eigenvalue weighted by Gasteiger charge is 2.27. The fourth-order valence-corrected chi connectivity index (χ4v) is 2.76. The van der Waals surface area contributed by atoms with Crippen molar-refractivity contribution in [3.8, 4) is 0 Å².